The first-order valence-corrected chi connectivity index (χ1v) is 10.4. The molecule has 0 heterocycles. The Balaban J connectivity index is 2.82. The van der Waals surface area contributed by atoms with E-state index in [1.54, 1.807) is 43.1 Å². The minimum atomic E-state index is -0.608. The van der Waals surface area contributed by atoms with Crippen LogP contribution in [0.3, 0.4) is 0 Å². The molecule has 2 atom stereocenters. The molecule has 0 saturated heterocycles. The summed E-state index contributed by atoms with van der Waals surface area (Å²) < 4.78 is 10.7. The van der Waals surface area contributed by atoms with Crippen LogP contribution in [-0.4, -0.2) is 55.7 Å². The van der Waals surface area contributed by atoms with Gasteiger partial charge in [-0.2, -0.15) is 11.8 Å². The molecule has 0 unspecified atom stereocenters. The first-order valence-electron chi connectivity index (χ1n) is 9.02. The number of carbonyl (C=O) groups is 2. The number of thioether (sulfide) groups is 1. The lowest BCUT2D eigenvalue weighted by molar-refractivity contribution is -0.124. The molecule has 0 radical (unpaired) electrons. The quantitative estimate of drug-likeness (QED) is 0.601. The van der Waals surface area contributed by atoms with E-state index in [-0.39, 0.29) is 23.5 Å². The molecule has 1 aromatic rings. The van der Waals surface area contributed by atoms with Crippen molar-refractivity contribution >= 4 is 23.6 Å². The zero-order valence-corrected chi connectivity index (χ0v) is 17.9. The van der Waals surface area contributed by atoms with Crippen LogP contribution in [0.5, 0.6) is 5.75 Å². The lowest BCUT2D eigenvalue weighted by atomic mass is 9.99. The number of hydrogen-bond donors (Lipinski definition) is 2. The fourth-order valence-corrected chi connectivity index (χ4v) is 3.26. The molecule has 27 heavy (non-hydrogen) atoms. The third-order valence-corrected chi connectivity index (χ3v) is 4.97. The third kappa shape index (κ3) is 7.81. The number of nitrogens with one attached hydrogen (secondary N) is 2. The summed E-state index contributed by atoms with van der Waals surface area (Å²) in [5, 5.41) is 5.84. The van der Waals surface area contributed by atoms with E-state index in [1.165, 1.54) is 7.11 Å². The molecule has 0 spiro atoms. The van der Waals surface area contributed by atoms with Crippen molar-refractivity contribution in [1.82, 2.24) is 10.6 Å². The zero-order valence-electron chi connectivity index (χ0n) is 17.1. The molecule has 2 N–H and O–H groups in total. The Morgan fingerprint density at radius 1 is 1.19 bits per heavy atom. The fourth-order valence-electron chi connectivity index (χ4n) is 2.79. The molecule has 0 fully saturated rings. The number of para-hydroxylation sites is 1. The first kappa shape index (κ1) is 23.3. The maximum Gasteiger partial charge on any atom is 0.255 e. The summed E-state index contributed by atoms with van der Waals surface area (Å²) in [5.41, 5.74) is 0.0813. The summed E-state index contributed by atoms with van der Waals surface area (Å²) >= 11 is 1.63. The Bertz CT molecular complexity index is 622. The van der Waals surface area contributed by atoms with Crippen LogP contribution in [0.2, 0.25) is 0 Å². The zero-order chi connectivity index (χ0) is 20.4. The van der Waals surface area contributed by atoms with Gasteiger partial charge in [0.15, 0.2) is 0 Å². The molecule has 0 aliphatic rings. The molecular weight excluding hydrogens is 364 g/mol. The Hall–Kier alpha value is -1.73. The second-order valence-electron chi connectivity index (χ2n) is 7.09. The summed E-state index contributed by atoms with van der Waals surface area (Å²) in [6.07, 6.45) is 3.19. The van der Waals surface area contributed by atoms with Gasteiger partial charge in [0.05, 0.1) is 18.3 Å². The molecule has 6 nitrogen and oxygen atoms in total. The van der Waals surface area contributed by atoms with Crippen molar-refractivity contribution in [2.75, 3.05) is 26.2 Å². The van der Waals surface area contributed by atoms with Crippen LogP contribution in [0.25, 0.3) is 0 Å². The van der Waals surface area contributed by atoms with Gasteiger partial charge in [-0.05, 0) is 57.8 Å². The summed E-state index contributed by atoms with van der Waals surface area (Å²) in [6, 6.07) is 6.29. The van der Waals surface area contributed by atoms with E-state index in [2.05, 4.69) is 10.6 Å². The van der Waals surface area contributed by atoms with Gasteiger partial charge in [0.25, 0.3) is 5.91 Å². The largest absolute Gasteiger partial charge is 0.496 e. The predicted molar refractivity (Wildman–Crippen MR) is 111 cm³/mol. The Morgan fingerprint density at radius 3 is 2.44 bits per heavy atom. The second-order valence-corrected chi connectivity index (χ2v) is 8.07. The third-order valence-electron chi connectivity index (χ3n) is 4.32. The van der Waals surface area contributed by atoms with E-state index >= 15 is 0 Å². The van der Waals surface area contributed by atoms with Crippen LogP contribution in [0.4, 0.5) is 0 Å². The maximum absolute atomic E-state index is 12.7. The van der Waals surface area contributed by atoms with Crippen molar-refractivity contribution in [3.8, 4) is 5.75 Å². The van der Waals surface area contributed by atoms with Crippen molar-refractivity contribution in [3.05, 3.63) is 29.8 Å². The molecule has 0 aliphatic heterocycles. The number of carbonyl (C=O) groups excluding carboxylic acids is 2. The number of benzene rings is 1. The smallest absolute Gasteiger partial charge is 0.255 e. The lowest BCUT2D eigenvalue weighted by Gasteiger charge is -2.28. The van der Waals surface area contributed by atoms with E-state index in [9.17, 15) is 9.59 Å². The maximum atomic E-state index is 12.7. The van der Waals surface area contributed by atoms with Crippen LogP contribution in [0, 0.1) is 0 Å². The molecule has 0 aliphatic carbocycles. The lowest BCUT2D eigenvalue weighted by Crippen LogP contribution is -2.50. The number of rotatable bonds is 11. The fraction of sp³-hybridized carbons (Fsp3) is 0.600. The molecule has 152 valence electrons. The van der Waals surface area contributed by atoms with Gasteiger partial charge >= 0.3 is 0 Å². The van der Waals surface area contributed by atoms with E-state index in [4.69, 9.17) is 9.47 Å². The van der Waals surface area contributed by atoms with Gasteiger partial charge in [-0.3, -0.25) is 9.59 Å². The van der Waals surface area contributed by atoms with E-state index in [1.807, 2.05) is 27.0 Å². The van der Waals surface area contributed by atoms with Gasteiger partial charge in [0.1, 0.15) is 11.8 Å². The monoisotopic (exact) mass is 396 g/mol. The molecular formula is C20H32N2O4S. The van der Waals surface area contributed by atoms with Crippen LogP contribution in [0.1, 0.15) is 44.0 Å². The van der Waals surface area contributed by atoms with Crippen LogP contribution in [0.15, 0.2) is 24.3 Å². The number of hydrogen-bond acceptors (Lipinski definition) is 5. The van der Waals surface area contributed by atoms with Crippen molar-refractivity contribution in [2.24, 2.45) is 0 Å². The molecule has 1 aromatic carbocycles. The van der Waals surface area contributed by atoms with Crippen molar-refractivity contribution in [3.63, 3.8) is 0 Å². The van der Waals surface area contributed by atoms with Crippen LogP contribution >= 0.6 is 11.8 Å². The Morgan fingerprint density at radius 2 is 1.85 bits per heavy atom. The summed E-state index contributed by atoms with van der Waals surface area (Å²) in [5.74, 6) is 0.738. The van der Waals surface area contributed by atoms with Gasteiger partial charge in [-0.1, -0.05) is 12.1 Å². The van der Waals surface area contributed by atoms with Gasteiger partial charge in [0.2, 0.25) is 5.91 Å². The van der Waals surface area contributed by atoms with Crippen molar-refractivity contribution in [2.45, 2.75) is 51.3 Å². The minimum absolute atomic E-state index is 0.0765. The van der Waals surface area contributed by atoms with Crippen LogP contribution < -0.4 is 15.4 Å². The highest BCUT2D eigenvalue weighted by atomic mass is 32.2. The predicted octanol–water partition coefficient (Wildman–Crippen LogP) is 2.87. The van der Waals surface area contributed by atoms with Crippen molar-refractivity contribution < 1.29 is 19.1 Å². The summed E-state index contributed by atoms with van der Waals surface area (Å²) in [4.78, 5) is 25.4. The average molecular weight is 397 g/mol. The first-order chi connectivity index (χ1) is 12.7. The SMILES string of the molecule is COc1ccccc1C(=O)N[C@@H](CCSC)C(=O)N[C@@H](C)CC(C)(C)OC. The normalized spacial score (nSPS) is 13.6. The molecule has 7 heteroatoms. The molecule has 0 aromatic heterocycles. The second kappa shape index (κ2) is 11.2. The number of amides is 2. The standard InChI is InChI=1S/C20H32N2O4S/c1-14(13-20(2,3)26-5)21-19(24)16(11-12-27-6)22-18(23)15-9-7-8-10-17(15)25-4/h7-10,14,16H,11-13H2,1-6H3,(H,21,24)(H,22,23)/t14-,16-/m0/s1. The Kier molecular flexibility index (Phi) is 9.66. The topological polar surface area (TPSA) is 76.7 Å². The van der Waals surface area contributed by atoms with E-state index in [0.29, 0.717) is 24.2 Å². The highest BCUT2D eigenvalue weighted by Gasteiger charge is 2.26. The van der Waals surface area contributed by atoms with E-state index in [0.717, 1.165) is 5.75 Å². The van der Waals surface area contributed by atoms with Crippen molar-refractivity contribution in [1.29, 1.82) is 0 Å². The molecule has 0 saturated carbocycles. The molecule has 0 bridgehead atoms. The van der Waals surface area contributed by atoms with Gasteiger partial charge in [0, 0.05) is 13.2 Å². The van der Waals surface area contributed by atoms with Gasteiger partial charge in [-0.25, -0.2) is 0 Å². The van der Waals surface area contributed by atoms with E-state index < -0.39 is 6.04 Å². The van der Waals surface area contributed by atoms with Crippen LogP contribution in [-0.2, 0) is 9.53 Å². The summed E-state index contributed by atoms with van der Waals surface area (Å²) in [6.45, 7) is 5.89. The van der Waals surface area contributed by atoms with Gasteiger partial charge in [-0.15, -0.1) is 0 Å². The molecule has 2 amide bonds. The van der Waals surface area contributed by atoms with Gasteiger partial charge < -0.3 is 20.1 Å². The summed E-state index contributed by atoms with van der Waals surface area (Å²) in [7, 11) is 3.17. The number of methoxy groups -OCH3 is 2. The molecule has 1 rings (SSSR count). The Labute approximate surface area is 166 Å². The number of ether oxygens (including phenoxy) is 2. The highest BCUT2D eigenvalue weighted by Crippen LogP contribution is 2.18. The average Bonchev–Trinajstić information content (AvgIpc) is 2.64. The highest BCUT2D eigenvalue weighted by molar-refractivity contribution is 7.98. The minimum Gasteiger partial charge on any atom is -0.496 e.